The smallest absolute Gasteiger partial charge is 0.237 e. The number of hydrogen-bond acceptors (Lipinski definition) is 6. The van der Waals surface area contributed by atoms with E-state index in [-0.39, 0.29) is 11.9 Å². The lowest BCUT2D eigenvalue weighted by Gasteiger charge is -2.26. The van der Waals surface area contributed by atoms with Crippen molar-refractivity contribution < 1.29 is 9.53 Å². The molecule has 1 fully saturated rings. The fraction of sp³-hybridized carbons (Fsp3) is 0.562. The molecule has 1 amide bonds. The monoisotopic (exact) mass is 319 g/mol. The van der Waals surface area contributed by atoms with Gasteiger partial charge in [-0.15, -0.1) is 6.58 Å². The molecule has 1 aliphatic heterocycles. The second kappa shape index (κ2) is 8.47. The van der Waals surface area contributed by atoms with E-state index in [1.54, 1.807) is 25.4 Å². The van der Waals surface area contributed by atoms with E-state index in [1.165, 1.54) is 0 Å². The zero-order valence-corrected chi connectivity index (χ0v) is 13.9. The molecule has 0 aromatic carbocycles. The molecule has 0 bridgehead atoms. The standard InChI is InChI=1S/C16H25N5O2/c1-4-7-17-15(22)13(2)20-9-5-10-21(12-11-20)16-18-8-6-14(19-16)23-3/h4,6,8,13H,1,5,7,9-12H2,2-3H3,(H,17,22). The van der Waals surface area contributed by atoms with Gasteiger partial charge in [-0.1, -0.05) is 6.08 Å². The molecule has 7 nitrogen and oxygen atoms in total. The summed E-state index contributed by atoms with van der Waals surface area (Å²) >= 11 is 0. The van der Waals surface area contributed by atoms with Crippen molar-refractivity contribution in [2.75, 3.05) is 44.7 Å². The van der Waals surface area contributed by atoms with Gasteiger partial charge in [0.25, 0.3) is 0 Å². The van der Waals surface area contributed by atoms with Gasteiger partial charge in [0.1, 0.15) is 0 Å². The molecule has 0 aliphatic carbocycles. The highest BCUT2D eigenvalue weighted by Gasteiger charge is 2.24. The lowest BCUT2D eigenvalue weighted by atomic mass is 10.2. The van der Waals surface area contributed by atoms with Gasteiger partial charge in [-0.25, -0.2) is 4.98 Å². The summed E-state index contributed by atoms with van der Waals surface area (Å²) in [6, 6.07) is 1.58. The van der Waals surface area contributed by atoms with Crippen molar-refractivity contribution in [2.45, 2.75) is 19.4 Å². The van der Waals surface area contributed by atoms with Gasteiger partial charge in [0.2, 0.25) is 17.7 Å². The molecule has 126 valence electrons. The molecule has 1 N–H and O–H groups in total. The number of amides is 1. The molecule has 0 radical (unpaired) electrons. The van der Waals surface area contributed by atoms with Crippen LogP contribution in [0.1, 0.15) is 13.3 Å². The van der Waals surface area contributed by atoms with Gasteiger partial charge >= 0.3 is 0 Å². The average molecular weight is 319 g/mol. The third-order valence-corrected chi connectivity index (χ3v) is 3.99. The second-order valence-corrected chi connectivity index (χ2v) is 5.49. The third kappa shape index (κ3) is 4.66. The Morgan fingerprint density at radius 1 is 1.48 bits per heavy atom. The lowest BCUT2D eigenvalue weighted by molar-refractivity contribution is -0.125. The van der Waals surface area contributed by atoms with Crippen LogP contribution >= 0.6 is 0 Å². The van der Waals surface area contributed by atoms with Crippen LogP contribution in [0, 0.1) is 0 Å². The number of nitrogens with one attached hydrogen (secondary N) is 1. The zero-order chi connectivity index (χ0) is 16.7. The summed E-state index contributed by atoms with van der Waals surface area (Å²) in [5.41, 5.74) is 0. The van der Waals surface area contributed by atoms with Gasteiger partial charge in [-0.2, -0.15) is 4.98 Å². The maximum absolute atomic E-state index is 12.1. The highest BCUT2D eigenvalue weighted by Crippen LogP contribution is 2.15. The van der Waals surface area contributed by atoms with Crippen LogP contribution in [0.5, 0.6) is 5.88 Å². The summed E-state index contributed by atoms with van der Waals surface area (Å²) in [7, 11) is 1.60. The van der Waals surface area contributed by atoms with Crippen molar-refractivity contribution in [3.05, 3.63) is 24.9 Å². The molecule has 0 saturated carbocycles. The first kappa shape index (κ1) is 17.2. The van der Waals surface area contributed by atoms with E-state index in [9.17, 15) is 4.79 Å². The van der Waals surface area contributed by atoms with Crippen LogP contribution in [-0.4, -0.2) is 66.7 Å². The Morgan fingerprint density at radius 3 is 3.04 bits per heavy atom. The maximum Gasteiger partial charge on any atom is 0.237 e. The Hall–Kier alpha value is -2.15. The van der Waals surface area contributed by atoms with E-state index in [2.05, 4.69) is 31.7 Å². The predicted molar refractivity (Wildman–Crippen MR) is 89.7 cm³/mol. The molecule has 1 aromatic heterocycles. The first-order chi connectivity index (χ1) is 11.2. The Morgan fingerprint density at radius 2 is 2.30 bits per heavy atom. The van der Waals surface area contributed by atoms with Crippen molar-refractivity contribution >= 4 is 11.9 Å². The second-order valence-electron chi connectivity index (χ2n) is 5.49. The quantitative estimate of drug-likeness (QED) is 0.778. The Labute approximate surface area is 137 Å². The first-order valence-electron chi connectivity index (χ1n) is 7.90. The van der Waals surface area contributed by atoms with Crippen molar-refractivity contribution in [2.24, 2.45) is 0 Å². The van der Waals surface area contributed by atoms with Crippen molar-refractivity contribution in [3.63, 3.8) is 0 Å². The Bertz CT molecular complexity index is 537. The summed E-state index contributed by atoms with van der Waals surface area (Å²) in [6.07, 6.45) is 4.35. The number of hydrogen-bond donors (Lipinski definition) is 1. The number of aromatic nitrogens is 2. The van der Waals surface area contributed by atoms with Crippen LogP contribution in [0.25, 0.3) is 0 Å². The van der Waals surface area contributed by atoms with Gasteiger partial charge in [-0.05, 0) is 13.3 Å². The van der Waals surface area contributed by atoms with Crippen molar-refractivity contribution in [1.82, 2.24) is 20.2 Å². The molecular formula is C16H25N5O2. The predicted octanol–water partition coefficient (Wildman–Crippen LogP) is 0.688. The molecule has 7 heteroatoms. The van der Waals surface area contributed by atoms with Gasteiger partial charge < -0.3 is 15.0 Å². The molecular weight excluding hydrogens is 294 g/mol. The van der Waals surface area contributed by atoms with Crippen LogP contribution in [0.4, 0.5) is 5.95 Å². The van der Waals surface area contributed by atoms with Crippen molar-refractivity contribution in [1.29, 1.82) is 0 Å². The van der Waals surface area contributed by atoms with Crippen molar-refractivity contribution in [3.8, 4) is 5.88 Å². The normalized spacial score (nSPS) is 17.2. The first-order valence-corrected chi connectivity index (χ1v) is 7.90. The van der Waals surface area contributed by atoms with E-state index in [0.29, 0.717) is 18.4 Å². The molecule has 1 atom stereocenters. The van der Waals surface area contributed by atoms with Crippen LogP contribution in [-0.2, 0) is 4.79 Å². The van der Waals surface area contributed by atoms with E-state index < -0.39 is 0 Å². The van der Waals surface area contributed by atoms with Crippen LogP contribution in [0.15, 0.2) is 24.9 Å². The number of ether oxygens (including phenoxy) is 1. The Kier molecular flexibility index (Phi) is 6.34. The van der Waals surface area contributed by atoms with Gasteiger partial charge in [0.15, 0.2) is 0 Å². The highest BCUT2D eigenvalue weighted by atomic mass is 16.5. The Balaban J connectivity index is 1.96. The van der Waals surface area contributed by atoms with Gasteiger partial charge in [0.05, 0.1) is 13.2 Å². The van der Waals surface area contributed by atoms with Gasteiger partial charge in [0, 0.05) is 45.0 Å². The molecule has 1 saturated heterocycles. The zero-order valence-electron chi connectivity index (χ0n) is 13.9. The molecule has 0 spiro atoms. The van der Waals surface area contributed by atoms with E-state index in [4.69, 9.17) is 4.74 Å². The summed E-state index contributed by atoms with van der Waals surface area (Å²) in [6.45, 7) is 9.38. The van der Waals surface area contributed by atoms with Gasteiger partial charge in [-0.3, -0.25) is 9.69 Å². The van der Waals surface area contributed by atoms with E-state index in [1.807, 2.05) is 6.92 Å². The minimum absolute atomic E-state index is 0.0379. The number of carbonyl (C=O) groups excluding carboxylic acids is 1. The molecule has 1 aliphatic rings. The lowest BCUT2D eigenvalue weighted by Crippen LogP contribution is -2.46. The molecule has 1 unspecified atom stereocenters. The number of rotatable bonds is 6. The fourth-order valence-electron chi connectivity index (χ4n) is 2.61. The number of nitrogens with zero attached hydrogens (tertiary/aromatic N) is 4. The highest BCUT2D eigenvalue weighted by molar-refractivity contribution is 5.81. The van der Waals surface area contributed by atoms with E-state index >= 15 is 0 Å². The largest absolute Gasteiger partial charge is 0.481 e. The molecule has 23 heavy (non-hydrogen) atoms. The average Bonchev–Trinajstić information content (AvgIpc) is 2.85. The molecule has 2 heterocycles. The molecule has 1 aromatic rings. The molecule has 2 rings (SSSR count). The topological polar surface area (TPSA) is 70.6 Å². The number of carbonyl (C=O) groups is 1. The summed E-state index contributed by atoms with van der Waals surface area (Å²) in [5, 5.41) is 2.85. The number of methoxy groups -OCH3 is 1. The summed E-state index contributed by atoms with van der Waals surface area (Å²) in [5.74, 6) is 1.28. The third-order valence-electron chi connectivity index (χ3n) is 3.99. The fourth-order valence-corrected chi connectivity index (χ4v) is 2.61. The minimum Gasteiger partial charge on any atom is -0.481 e. The van der Waals surface area contributed by atoms with Crippen LogP contribution in [0.2, 0.25) is 0 Å². The van der Waals surface area contributed by atoms with Crippen LogP contribution in [0.3, 0.4) is 0 Å². The summed E-state index contributed by atoms with van der Waals surface area (Å²) in [4.78, 5) is 25.1. The SMILES string of the molecule is C=CCNC(=O)C(C)N1CCCN(c2nccc(OC)n2)CC1. The van der Waals surface area contributed by atoms with Crippen LogP contribution < -0.4 is 15.0 Å². The summed E-state index contributed by atoms with van der Waals surface area (Å²) < 4.78 is 5.16. The maximum atomic E-state index is 12.1. The number of anilines is 1. The van der Waals surface area contributed by atoms with E-state index in [0.717, 1.165) is 32.6 Å². The minimum atomic E-state index is -0.152.